The Morgan fingerprint density at radius 2 is 2.04 bits per heavy atom. The van der Waals surface area contributed by atoms with Crippen molar-refractivity contribution in [3.63, 3.8) is 0 Å². The first-order valence-electron chi connectivity index (χ1n) is 8.15. The normalized spacial score (nSPS) is 15.3. The highest BCUT2D eigenvalue weighted by molar-refractivity contribution is 6.32. The van der Waals surface area contributed by atoms with Gasteiger partial charge in [-0.05, 0) is 43.7 Å². The van der Waals surface area contributed by atoms with Gasteiger partial charge in [0.1, 0.15) is 11.5 Å². The zero-order valence-corrected chi connectivity index (χ0v) is 15.1. The molecule has 0 saturated heterocycles. The number of esters is 1. The second kappa shape index (κ2) is 7.62. The molecule has 2 aromatic carbocycles. The molecule has 1 heterocycles. The van der Waals surface area contributed by atoms with E-state index in [0.29, 0.717) is 27.6 Å². The summed E-state index contributed by atoms with van der Waals surface area (Å²) < 4.78 is 16.1. The molecule has 0 unspecified atom stereocenters. The van der Waals surface area contributed by atoms with E-state index in [2.05, 4.69) is 0 Å². The van der Waals surface area contributed by atoms with Crippen molar-refractivity contribution >= 4 is 29.4 Å². The third-order valence-electron chi connectivity index (χ3n) is 3.76. The second-order valence-corrected chi connectivity index (χ2v) is 6.04. The van der Waals surface area contributed by atoms with Gasteiger partial charge >= 0.3 is 5.97 Å². The van der Waals surface area contributed by atoms with Crippen molar-refractivity contribution in [2.24, 2.45) is 0 Å². The zero-order chi connectivity index (χ0) is 18.7. The van der Waals surface area contributed by atoms with Gasteiger partial charge in [0.25, 0.3) is 0 Å². The van der Waals surface area contributed by atoms with Crippen LogP contribution in [0.4, 0.5) is 0 Å². The number of Topliss-reactive ketones (excluding diaryl/α,β-unsaturated/α-hetero) is 1. The van der Waals surface area contributed by atoms with Gasteiger partial charge in [-0.25, -0.2) is 4.79 Å². The van der Waals surface area contributed by atoms with E-state index in [0.717, 1.165) is 0 Å². The molecule has 26 heavy (non-hydrogen) atoms. The van der Waals surface area contributed by atoms with Crippen LogP contribution in [-0.2, 0) is 9.53 Å². The summed E-state index contributed by atoms with van der Waals surface area (Å²) in [7, 11) is 0. The van der Waals surface area contributed by atoms with E-state index in [4.69, 9.17) is 25.8 Å². The predicted octanol–water partition coefficient (Wildman–Crippen LogP) is 4.29. The van der Waals surface area contributed by atoms with Crippen molar-refractivity contribution < 1.29 is 23.8 Å². The van der Waals surface area contributed by atoms with Crippen LogP contribution in [0.25, 0.3) is 6.08 Å². The second-order valence-electron chi connectivity index (χ2n) is 5.63. The molecule has 1 atom stereocenters. The molecule has 0 N–H and O–H groups in total. The summed E-state index contributed by atoms with van der Waals surface area (Å²) in [5.41, 5.74) is 1.12. The van der Waals surface area contributed by atoms with Gasteiger partial charge in [-0.1, -0.05) is 29.8 Å². The van der Waals surface area contributed by atoms with Crippen molar-refractivity contribution in [1.29, 1.82) is 0 Å². The average molecular weight is 373 g/mol. The zero-order valence-electron chi connectivity index (χ0n) is 14.3. The number of allylic oxidation sites excluding steroid dienone is 1. The maximum Gasteiger partial charge on any atom is 0.347 e. The van der Waals surface area contributed by atoms with Gasteiger partial charge < -0.3 is 14.2 Å². The van der Waals surface area contributed by atoms with Crippen molar-refractivity contribution in [2.75, 3.05) is 6.61 Å². The van der Waals surface area contributed by atoms with E-state index in [9.17, 15) is 9.59 Å². The van der Waals surface area contributed by atoms with Crippen molar-refractivity contribution in [1.82, 2.24) is 0 Å². The fourth-order valence-electron chi connectivity index (χ4n) is 2.49. The number of carbonyl (C=O) groups is 2. The van der Waals surface area contributed by atoms with E-state index < -0.39 is 12.1 Å². The van der Waals surface area contributed by atoms with Crippen LogP contribution in [0.2, 0.25) is 5.02 Å². The number of ketones is 1. The van der Waals surface area contributed by atoms with Crippen LogP contribution in [0, 0.1) is 0 Å². The van der Waals surface area contributed by atoms with Gasteiger partial charge in [0, 0.05) is 11.1 Å². The molecule has 1 aliphatic heterocycles. The van der Waals surface area contributed by atoms with E-state index in [1.54, 1.807) is 50.3 Å². The molecular formula is C20H17ClO5. The quantitative estimate of drug-likeness (QED) is 0.579. The van der Waals surface area contributed by atoms with Crippen LogP contribution in [-0.4, -0.2) is 24.5 Å². The number of halogens is 1. The Bertz CT molecular complexity index is 888. The summed E-state index contributed by atoms with van der Waals surface area (Å²) in [6, 6.07) is 12.0. The lowest BCUT2D eigenvalue weighted by atomic mass is 10.1. The summed E-state index contributed by atoms with van der Waals surface area (Å²) in [5, 5.41) is 0.527. The Balaban J connectivity index is 1.80. The number of fused-ring (bicyclic) bond motifs is 1. The summed E-state index contributed by atoms with van der Waals surface area (Å²) in [6.45, 7) is 3.61. The van der Waals surface area contributed by atoms with Crippen LogP contribution in [0.5, 0.6) is 11.5 Å². The molecule has 0 spiro atoms. The maximum atomic E-state index is 12.5. The third-order valence-corrected chi connectivity index (χ3v) is 4.11. The molecule has 3 rings (SSSR count). The highest BCUT2D eigenvalue weighted by Crippen LogP contribution is 2.35. The highest BCUT2D eigenvalue weighted by Gasteiger charge is 2.28. The average Bonchev–Trinajstić information content (AvgIpc) is 2.92. The lowest BCUT2D eigenvalue weighted by Gasteiger charge is -2.13. The van der Waals surface area contributed by atoms with Gasteiger partial charge in [0.15, 0.2) is 11.9 Å². The fraction of sp³-hybridized carbons (Fsp3) is 0.200. The van der Waals surface area contributed by atoms with Crippen LogP contribution in [0.15, 0.2) is 48.2 Å². The molecule has 0 radical (unpaired) electrons. The molecule has 0 saturated carbocycles. The first kappa shape index (κ1) is 18.0. The Morgan fingerprint density at radius 3 is 2.77 bits per heavy atom. The summed E-state index contributed by atoms with van der Waals surface area (Å²) in [6.07, 6.45) is 0.843. The summed E-state index contributed by atoms with van der Waals surface area (Å²) >= 11 is 6.12. The molecule has 0 amide bonds. The molecule has 0 aliphatic carbocycles. The number of hydrogen-bond acceptors (Lipinski definition) is 5. The minimum atomic E-state index is -0.761. The van der Waals surface area contributed by atoms with E-state index in [1.165, 1.54) is 0 Å². The molecule has 0 fully saturated rings. The molecule has 5 nitrogen and oxygen atoms in total. The minimum Gasteiger partial charge on any atom is -0.479 e. The lowest BCUT2D eigenvalue weighted by Crippen LogP contribution is -2.26. The minimum absolute atomic E-state index is 0.184. The van der Waals surface area contributed by atoms with E-state index in [-0.39, 0.29) is 18.1 Å². The van der Waals surface area contributed by atoms with Crippen LogP contribution in [0.3, 0.4) is 0 Å². The number of ether oxygens (including phenoxy) is 3. The number of benzene rings is 2. The van der Waals surface area contributed by atoms with Gasteiger partial charge in [0.05, 0.1) is 12.2 Å². The molecular weight excluding hydrogens is 356 g/mol. The smallest absolute Gasteiger partial charge is 0.347 e. The fourth-order valence-corrected chi connectivity index (χ4v) is 2.68. The predicted molar refractivity (Wildman–Crippen MR) is 97.6 cm³/mol. The topological polar surface area (TPSA) is 61.8 Å². The third kappa shape index (κ3) is 3.73. The van der Waals surface area contributed by atoms with Gasteiger partial charge in [-0.15, -0.1) is 0 Å². The van der Waals surface area contributed by atoms with Crippen molar-refractivity contribution in [3.05, 3.63) is 64.4 Å². The molecule has 0 aromatic heterocycles. The Hall–Kier alpha value is -2.79. The number of carbonyl (C=O) groups excluding carboxylic acids is 2. The summed E-state index contributed by atoms with van der Waals surface area (Å²) in [5.74, 6) is 0.288. The molecule has 0 bridgehead atoms. The Labute approximate surface area is 156 Å². The Morgan fingerprint density at radius 1 is 1.27 bits per heavy atom. The number of rotatable bonds is 5. The van der Waals surface area contributed by atoms with Gasteiger partial charge in [0.2, 0.25) is 5.78 Å². The molecule has 6 heteroatoms. The monoisotopic (exact) mass is 372 g/mol. The van der Waals surface area contributed by atoms with Crippen LogP contribution < -0.4 is 9.47 Å². The molecule has 2 aromatic rings. The van der Waals surface area contributed by atoms with E-state index >= 15 is 0 Å². The first-order chi connectivity index (χ1) is 12.5. The first-order valence-corrected chi connectivity index (χ1v) is 8.53. The molecule has 134 valence electrons. The Kier molecular flexibility index (Phi) is 5.28. The van der Waals surface area contributed by atoms with Gasteiger partial charge in [-0.2, -0.15) is 0 Å². The van der Waals surface area contributed by atoms with Crippen LogP contribution >= 0.6 is 11.6 Å². The number of hydrogen-bond donors (Lipinski definition) is 0. The van der Waals surface area contributed by atoms with Crippen LogP contribution in [0.1, 0.15) is 29.8 Å². The SMILES string of the molecule is CCOC(=O)[C@H](C)Oc1ccc2c(c1)O/C(=C\c1ccccc1Cl)C2=O. The van der Waals surface area contributed by atoms with E-state index in [1.807, 2.05) is 12.1 Å². The molecule has 1 aliphatic rings. The lowest BCUT2D eigenvalue weighted by molar-refractivity contribution is -0.150. The standard InChI is InChI=1S/C20H17ClO5/c1-3-24-20(23)12(2)25-14-8-9-15-17(11-14)26-18(19(15)22)10-13-6-4-5-7-16(13)21/h4-12H,3H2,1-2H3/b18-10-/t12-/m0/s1. The van der Waals surface area contributed by atoms with Crippen molar-refractivity contribution in [2.45, 2.75) is 20.0 Å². The maximum absolute atomic E-state index is 12.5. The largest absolute Gasteiger partial charge is 0.479 e. The summed E-state index contributed by atoms with van der Waals surface area (Å²) in [4.78, 5) is 24.2. The highest BCUT2D eigenvalue weighted by atomic mass is 35.5. The van der Waals surface area contributed by atoms with Crippen molar-refractivity contribution in [3.8, 4) is 11.5 Å². The van der Waals surface area contributed by atoms with Gasteiger partial charge in [-0.3, -0.25) is 4.79 Å².